The second-order valence-corrected chi connectivity index (χ2v) is 7.72. The molecular formula is C24H29NO6. The van der Waals surface area contributed by atoms with Crippen molar-refractivity contribution < 1.29 is 28.9 Å². The molecule has 0 heterocycles. The van der Waals surface area contributed by atoms with Gasteiger partial charge in [0.15, 0.2) is 0 Å². The van der Waals surface area contributed by atoms with E-state index in [1.807, 2.05) is 54.6 Å². The van der Waals surface area contributed by atoms with E-state index in [0.717, 1.165) is 25.7 Å². The van der Waals surface area contributed by atoms with Crippen LogP contribution in [-0.4, -0.2) is 44.1 Å². The Morgan fingerprint density at radius 1 is 0.935 bits per heavy atom. The second-order valence-electron chi connectivity index (χ2n) is 7.72. The fourth-order valence-corrected chi connectivity index (χ4v) is 3.87. The van der Waals surface area contributed by atoms with Crippen molar-refractivity contribution in [3.8, 4) is 5.75 Å². The summed E-state index contributed by atoms with van der Waals surface area (Å²) >= 11 is 0. The Labute approximate surface area is 182 Å². The number of methoxy groups -OCH3 is 1. The van der Waals surface area contributed by atoms with Crippen molar-refractivity contribution >= 4 is 23.4 Å². The average Bonchev–Trinajstić information content (AvgIpc) is 2.79. The van der Waals surface area contributed by atoms with Crippen LogP contribution in [0.1, 0.15) is 25.7 Å². The maximum Gasteiger partial charge on any atom is 0.419 e. The van der Waals surface area contributed by atoms with Crippen LogP contribution in [0.15, 0.2) is 54.6 Å². The molecule has 0 spiro atoms. The van der Waals surface area contributed by atoms with E-state index in [1.165, 1.54) is 4.90 Å². The number of aliphatic carboxylic acids is 1. The van der Waals surface area contributed by atoms with Crippen molar-refractivity contribution in [2.45, 2.75) is 25.7 Å². The van der Waals surface area contributed by atoms with Gasteiger partial charge in [0.2, 0.25) is 0 Å². The zero-order valence-corrected chi connectivity index (χ0v) is 17.7. The van der Waals surface area contributed by atoms with Crippen molar-refractivity contribution in [3.63, 3.8) is 0 Å². The summed E-state index contributed by atoms with van der Waals surface area (Å²) in [5.74, 6) is 0.291. The maximum absolute atomic E-state index is 13.1. The number of anilines is 2. The van der Waals surface area contributed by atoms with Crippen molar-refractivity contribution in [1.82, 2.24) is 0 Å². The predicted octanol–water partition coefficient (Wildman–Crippen LogP) is 4.88. The number of ether oxygens (including phenoxy) is 3. The van der Waals surface area contributed by atoms with E-state index >= 15 is 0 Å². The molecule has 1 N–H and O–H groups in total. The molecule has 0 saturated heterocycles. The summed E-state index contributed by atoms with van der Waals surface area (Å²) in [5.41, 5.74) is 1.33. The highest BCUT2D eigenvalue weighted by Gasteiger charge is 2.26. The summed E-state index contributed by atoms with van der Waals surface area (Å²) in [6.07, 6.45) is 3.29. The summed E-state index contributed by atoms with van der Waals surface area (Å²) in [5, 5.41) is 8.66. The van der Waals surface area contributed by atoms with Crippen LogP contribution in [-0.2, 0) is 14.3 Å². The lowest BCUT2D eigenvalue weighted by atomic mass is 9.83. The van der Waals surface area contributed by atoms with Gasteiger partial charge in [-0.3, -0.25) is 0 Å². The number of amides is 1. The lowest BCUT2D eigenvalue weighted by Crippen LogP contribution is -2.30. The maximum atomic E-state index is 13.1. The molecule has 1 aliphatic carbocycles. The zero-order chi connectivity index (χ0) is 22.1. The normalized spacial score (nSPS) is 18.2. The van der Waals surface area contributed by atoms with Crippen molar-refractivity contribution in [3.05, 3.63) is 54.6 Å². The Morgan fingerprint density at radius 3 is 2.19 bits per heavy atom. The minimum absolute atomic E-state index is 0.254. The van der Waals surface area contributed by atoms with Gasteiger partial charge in [-0.1, -0.05) is 30.3 Å². The third-order valence-electron chi connectivity index (χ3n) is 5.51. The SMILES string of the molecule is COc1ccccc1N(C(=O)OC[C@H]1CC[C@H](COCC(=O)O)CC1)c1ccccc1. The second kappa shape index (κ2) is 11.4. The highest BCUT2D eigenvalue weighted by molar-refractivity contribution is 5.97. The third kappa shape index (κ3) is 6.46. The molecule has 1 fully saturated rings. The van der Waals surface area contributed by atoms with E-state index < -0.39 is 12.1 Å². The Morgan fingerprint density at radius 2 is 1.55 bits per heavy atom. The fraction of sp³-hybridized carbons (Fsp3) is 0.417. The van der Waals surface area contributed by atoms with E-state index in [-0.39, 0.29) is 12.5 Å². The highest BCUT2D eigenvalue weighted by Crippen LogP contribution is 2.35. The van der Waals surface area contributed by atoms with Gasteiger partial charge in [-0.15, -0.1) is 0 Å². The number of hydrogen-bond acceptors (Lipinski definition) is 5. The molecule has 0 unspecified atom stereocenters. The van der Waals surface area contributed by atoms with Gasteiger partial charge in [0, 0.05) is 0 Å². The van der Waals surface area contributed by atoms with Crippen LogP contribution in [0.3, 0.4) is 0 Å². The third-order valence-corrected chi connectivity index (χ3v) is 5.51. The number of carboxylic acid groups (broad SMARTS) is 1. The first-order valence-corrected chi connectivity index (χ1v) is 10.5. The van der Waals surface area contributed by atoms with Crippen molar-refractivity contribution in [1.29, 1.82) is 0 Å². The molecule has 1 amide bonds. The Hall–Kier alpha value is -3.06. The zero-order valence-electron chi connectivity index (χ0n) is 17.7. The molecule has 166 valence electrons. The smallest absolute Gasteiger partial charge is 0.419 e. The number of para-hydroxylation sites is 3. The van der Waals surface area contributed by atoms with Crippen LogP contribution in [0.4, 0.5) is 16.2 Å². The molecule has 7 heteroatoms. The lowest BCUT2D eigenvalue weighted by Gasteiger charge is -2.29. The Balaban J connectivity index is 1.59. The van der Waals surface area contributed by atoms with E-state index in [1.54, 1.807) is 7.11 Å². The molecule has 3 rings (SSSR count). The molecule has 1 aliphatic rings. The number of carbonyl (C=O) groups is 2. The quantitative estimate of drug-likeness (QED) is 0.614. The monoisotopic (exact) mass is 427 g/mol. The Kier molecular flexibility index (Phi) is 8.29. The van der Waals surface area contributed by atoms with Gasteiger partial charge in [0.1, 0.15) is 12.4 Å². The fourth-order valence-electron chi connectivity index (χ4n) is 3.87. The lowest BCUT2D eigenvalue weighted by molar-refractivity contribution is -0.142. The molecule has 0 bridgehead atoms. The molecule has 0 aliphatic heterocycles. The minimum atomic E-state index is -0.946. The number of benzene rings is 2. The van der Waals surface area contributed by atoms with Gasteiger partial charge in [-0.25, -0.2) is 14.5 Å². The summed E-state index contributed by atoms with van der Waals surface area (Å²) < 4.78 is 16.4. The van der Waals surface area contributed by atoms with E-state index in [4.69, 9.17) is 19.3 Å². The highest BCUT2D eigenvalue weighted by atomic mass is 16.6. The first-order valence-electron chi connectivity index (χ1n) is 10.5. The number of carbonyl (C=O) groups excluding carboxylic acids is 1. The van der Waals surface area contributed by atoms with E-state index in [0.29, 0.717) is 36.3 Å². The number of nitrogens with zero attached hydrogens (tertiary/aromatic N) is 1. The molecule has 2 aromatic rings. The molecule has 31 heavy (non-hydrogen) atoms. The van der Waals surface area contributed by atoms with Gasteiger partial charge in [0.05, 0.1) is 31.7 Å². The molecular weight excluding hydrogens is 398 g/mol. The first-order chi connectivity index (χ1) is 15.1. The van der Waals surface area contributed by atoms with E-state index in [9.17, 15) is 9.59 Å². The summed E-state index contributed by atoms with van der Waals surface area (Å²) in [4.78, 5) is 25.2. The van der Waals surface area contributed by atoms with Gasteiger partial charge in [0.25, 0.3) is 0 Å². The molecule has 2 aromatic carbocycles. The van der Waals surface area contributed by atoms with Crippen LogP contribution < -0.4 is 9.64 Å². The Bertz CT molecular complexity index is 848. The van der Waals surface area contributed by atoms with Crippen LogP contribution in [0.5, 0.6) is 5.75 Å². The van der Waals surface area contributed by atoms with Crippen molar-refractivity contribution in [2.75, 3.05) is 31.8 Å². The largest absolute Gasteiger partial charge is 0.495 e. The summed E-state index contributed by atoms with van der Waals surface area (Å²) in [7, 11) is 1.58. The molecule has 7 nitrogen and oxygen atoms in total. The van der Waals surface area contributed by atoms with E-state index in [2.05, 4.69) is 0 Å². The van der Waals surface area contributed by atoms with Crippen LogP contribution in [0, 0.1) is 11.8 Å². The van der Waals surface area contributed by atoms with Crippen molar-refractivity contribution in [2.24, 2.45) is 11.8 Å². The van der Waals surface area contributed by atoms with Crippen LogP contribution in [0.2, 0.25) is 0 Å². The van der Waals surface area contributed by atoms with Gasteiger partial charge >= 0.3 is 12.1 Å². The average molecular weight is 427 g/mol. The minimum Gasteiger partial charge on any atom is -0.495 e. The summed E-state index contributed by atoms with van der Waals surface area (Å²) in [6, 6.07) is 16.7. The predicted molar refractivity (Wildman–Crippen MR) is 117 cm³/mol. The van der Waals surface area contributed by atoms with Gasteiger partial charge in [-0.05, 0) is 61.8 Å². The molecule has 0 radical (unpaired) electrons. The van der Waals surface area contributed by atoms with Gasteiger partial charge < -0.3 is 19.3 Å². The van der Waals surface area contributed by atoms with Gasteiger partial charge in [-0.2, -0.15) is 0 Å². The number of carboxylic acids is 1. The number of hydrogen-bond donors (Lipinski definition) is 1. The number of rotatable bonds is 9. The topological polar surface area (TPSA) is 85.3 Å². The van der Waals surface area contributed by atoms with Crippen LogP contribution >= 0.6 is 0 Å². The first kappa shape index (κ1) is 22.6. The summed E-state index contributed by atoms with van der Waals surface area (Å²) in [6.45, 7) is 0.560. The van der Waals surface area contributed by atoms with Crippen LogP contribution in [0.25, 0.3) is 0 Å². The molecule has 0 aromatic heterocycles. The molecule has 0 atom stereocenters. The standard InChI is InChI=1S/C24H29NO6/c1-29-22-10-6-5-9-21(22)25(20-7-3-2-4-8-20)24(28)31-16-19-13-11-18(12-14-19)15-30-17-23(26)27/h2-10,18-19H,11-17H2,1H3,(H,26,27)/t18-,19-. The molecule has 1 saturated carbocycles.